The first-order valence-corrected chi connectivity index (χ1v) is 8.75. The molecule has 6 heteroatoms. The van der Waals surface area contributed by atoms with Crippen LogP contribution >= 0.6 is 0 Å². The molecule has 2 heterocycles. The van der Waals surface area contributed by atoms with Gasteiger partial charge in [-0.25, -0.2) is 4.68 Å². The Morgan fingerprint density at radius 1 is 1.36 bits per heavy atom. The van der Waals surface area contributed by atoms with Gasteiger partial charge < -0.3 is 9.47 Å². The largest absolute Gasteiger partial charge is 0.469 e. The summed E-state index contributed by atoms with van der Waals surface area (Å²) >= 11 is 0. The molecule has 1 unspecified atom stereocenters. The second kappa shape index (κ2) is 8.78. The summed E-state index contributed by atoms with van der Waals surface area (Å²) in [5, 5.41) is 4.66. The summed E-state index contributed by atoms with van der Waals surface area (Å²) in [5.41, 5.74) is 2.01. The first kappa shape index (κ1) is 17.6. The zero-order valence-corrected chi connectivity index (χ0v) is 14.6. The van der Waals surface area contributed by atoms with Gasteiger partial charge >= 0.3 is 5.97 Å². The Hall–Kier alpha value is -2.18. The van der Waals surface area contributed by atoms with E-state index in [2.05, 4.69) is 10.00 Å². The number of esters is 1. The Morgan fingerprint density at radius 2 is 2.20 bits per heavy atom. The van der Waals surface area contributed by atoms with E-state index in [0.29, 0.717) is 19.5 Å². The molecule has 3 rings (SSSR count). The smallest absolute Gasteiger partial charge is 0.306 e. The van der Waals surface area contributed by atoms with Crippen LogP contribution in [0.4, 0.5) is 0 Å². The number of hydrogen-bond acceptors (Lipinski definition) is 5. The van der Waals surface area contributed by atoms with E-state index in [1.54, 1.807) is 0 Å². The zero-order valence-electron chi connectivity index (χ0n) is 14.6. The van der Waals surface area contributed by atoms with Crippen LogP contribution in [0.2, 0.25) is 0 Å². The molecule has 2 aromatic rings. The van der Waals surface area contributed by atoms with E-state index < -0.39 is 0 Å². The number of methoxy groups -OCH3 is 1. The lowest BCUT2D eigenvalue weighted by Gasteiger charge is -2.24. The van der Waals surface area contributed by atoms with Crippen LogP contribution in [0.3, 0.4) is 0 Å². The molecule has 6 nitrogen and oxygen atoms in total. The van der Waals surface area contributed by atoms with Crippen molar-refractivity contribution in [3.05, 3.63) is 48.3 Å². The van der Waals surface area contributed by atoms with E-state index >= 15 is 0 Å². The van der Waals surface area contributed by atoms with Gasteiger partial charge in [-0.3, -0.25) is 9.69 Å². The molecule has 0 bridgehead atoms. The molecule has 1 atom stereocenters. The molecule has 0 aliphatic carbocycles. The minimum atomic E-state index is -0.188. The van der Waals surface area contributed by atoms with Crippen LogP contribution in [-0.2, 0) is 20.8 Å². The Morgan fingerprint density at radius 3 is 2.92 bits per heavy atom. The van der Waals surface area contributed by atoms with Gasteiger partial charge in [0.15, 0.2) is 0 Å². The van der Waals surface area contributed by atoms with Crippen molar-refractivity contribution in [1.29, 1.82) is 0 Å². The maximum Gasteiger partial charge on any atom is 0.306 e. The Bertz CT molecular complexity index is 666. The number of nitrogens with zero attached hydrogens (tertiary/aromatic N) is 3. The van der Waals surface area contributed by atoms with Crippen molar-refractivity contribution < 1.29 is 14.3 Å². The molecule has 0 radical (unpaired) electrons. The fourth-order valence-corrected chi connectivity index (χ4v) is 3.06. The first-order chi connectivity index (χ1) is 12.2. The second-order valence-electron chi connectivity index (χ2n) is 6.28. The monoisotopic (exact) mass is 343 g/mol. The first-order valence-electron chi connectivity index (χ1n) is 8.75. The number of hydrogen-bond donors (Lipinski definition) is 0. The summed E-state index contributed by atoms with van der Waals surface area (Å²) in [5.74, 6) is -0.188. The number of carbonyl (C=O) groups excluding carboxylic acids is 1. The highest BCUT2D eigenvalue weighted by molar-refractivity contribution is 5.69. The maximum atomic E-state index is 11.5. The molecule has 1 aromatic carbocycles. The van der Waals surface area contributed by atoms with Crippen molar-refractivity contribution in [2.24, 2.45) is 0 Å². The van der Waals surface area contributed by atoms with Gasteiger partial charge in [0.05, 0.1) is 31.0 Å². The van der Waals surface area contributed by atoms with E-state index in [9.17, 15) is 4.79 Å². The summed E-state index contributed by atoms with van der Waals surface area (Å²) in [7, 11) is 1.42. The third-order valence-corrected chi connectivity index (χ3v) is 4.40. The van der Waals surface area contributed by atoms with E-state index in [-0.39, 0.29) is 12.1 Å². The van der Waals surface area contributed by atoms with Crippen molar-refractivity contribution in [2.75, 3.05) is 26.8 Å². The molecule has 1 fully saturated rings. The van der Waals surface area contributed by atoms with Gasteiger partial charge in [0, 0.05) is 32.4 Å². The fraction of sp³-hybridized carbons (Fsp3) is 0.474. The van der Waals surface area contributed by atoms with Crippen LogP contribution in [0, 0.1) is 0 Å². The molecular weight excluding hydrogens is 318 g/mol. The van der Waals surface area contributed by atoms with Gasteiger partial charge in [-0.15, -0.1) is 0 Å². The van der Waals surface area contributed by atoms with E-state index in [0.717, 1.165) is 37.4 Å². The Kier molecular flexibility index (Phi) is 6.19. The average Bonchev–Trinajstić information content (AvgIpc) is 3.32. The van der Waals surface area contributed by atoms with Gasteiger partial charge in [-0.2, -0.15) is 5.10 Å². The molecule has 134 valence electrons. The molecule has 0 N–H and O–H groups in total. The van der Waals surface area contributed by atoms with E-state index in [1.165, 1.54) is 7.11 Å². The van der Waals surface area contributed by atoms with Crippen LogP contribution in [0.5, 0.6) is 0 Å². The topological polar surface area (TPSA) is 56.6 Å². The molecule has 0 spiro atoms. The minimum absolute atomic E-state index is 0.188. The predicted molar refractivity (Wildman–Crippen MR) is 94.4 cm³/mol. The SMILES string of the molecule is COC(=O)CCN(Cc1ccn(-c2ccccc2)n1)CC1CCCO1. The summed E-state index contributed by atoms with van der Waals surface area (Å²) in [6, 6.07) is 12.1. The quantitative estimate of drug-likeness (QED) is 0.689. The van der Waals surface area contributed by atoms with Gasteiger partial charge in [0.1, 0.15) is 0 Å². The number of benzene rings is 1. The third kappa shape index (κ3) is 5.14. The Labute approximate surface area is 148 Å². The molecule has 25 heavy (non-hydrogen) atoms. The van der Waals surface area contributed by atoms with Crippen molar-refractivity contribution >= 4 is 5.97 Å². The summed E-state index contributed by atoms with van der Waals surface area (Å²) in [4.78, 5) is 13.7. The van der Waals surface area contributed by atoms with Crippen LogP contribution < -0.4 is 0 Å². The summed E-state index contributed by atoms with van der Waals surface area (Å²) < 4.78 is 12.4. The molecule has 0 amide bonds. The van der Waals surface area contributed by atoms with Crippen molar-refractivity contribution in [2.45, 2.75) is 31.9 Å². The van der Waals surface area contributed by atoms with Gasteiger partial charge in [0.25, 0.3) is 0 Å². The molecule has 0 saturated carbocycles. The van der Waals surface area contributed by atoms with Gasteiger partial charge in [-0.05, 0) is 31.0 Å². The van der Waals surface area contributed by atoms with Gasteiger partial charge in [0.2, 0.25) is 0 Å². The number of carbonyl (C=O) groups is 1. The van der Waals surface area contributed by atoms with Crippen molar-refractivity contribution in [3.8, 4) is 5.69 Å². The minimum Gasteiger partial charge on any atom is -0.469 e. The van der Waals surface area contributed by atoms with E-state index in [4.69, 9.17) is 9.47 Å². The highest BCUT2D eigenvalue weighted by Gasteiger charge is 2.20. The number of rotatable bonds is 8. The summed E-state index contributed by atoms with van der Waals surface area (Å²) in [6.45, 7) is 2.98. The lowest BCUT2D eigenvalue weighted by atomic mass is 10.2. The standard InChI is InChI=1S/C19H25N3O3/c1-24-19(23)10-11-21(15-18-8-5-13-25-18)14-16-9-12-22(20-16)17-6-3-2-4-7-17/h2-4,6-7,9,12,18H,5,8,10-11,13-15H2,1H3. The van der Waals surface area contributed by atoms with Crippen LogP contribution in [0.25, 0.3) is 5.69 Å². The highest BCUT2D eigenvalue weighted by Crippen LogP contribution is 2.15. The average molecular weight is 343 g/mol. The summed E-state index contributed by atoms with van der Waals surface area (Å²) in [6.07, 6.45) is 4.78. The molecule has 1 aliphatic heterocycles. The van der Waals surface area contributed by atoms with Crippen molar-refractivity contribution in [1.82, 2.24) is 14.7 Å². The van der Waals surface area contributed by atoms with Crippen LogP contribution in [0.1, 0.15) is 25.0 Å². The number of aromatic nitrogens is 2. The third-order valence-electron chi connectivity index (χ3n) is 4.40. The Balaban J connectivity index is 1.64. The molecular formula is C19H25N3O3. The number of ether oxygens (including phenoxy) is 2. The zero-order chi connectivity index (χ0) is 17.5. The number of para-hydroxylation sites is 1. The lowest BCUT2D eigenvalue weighted by Crippen LogP contribution is -2.33. The molecule has 1 aliphatic rings. The van der Waals surface area contributed by atoms with Crippen molar-refractivity contribution in [3.63, 3.8) is 0 Å². The van der Waals surface area contributed by atoms with Crippen LogP contribution in [-0.4, -0.2) is 53.6 Å². The van der Waals surface area contributed by atoms with Crippen LogP contribution in [0.15, 0.2) is 42.6 Å². The predicted octanol–water partition coefficient (Wildman–Crippen LogP) is 2.42. The normalized spacial score (nSPS) is 17.1. The lowest BCUT2D eigenvalue weighted by molar-refractivity contribution is -0.141. The van der Waals surface area contributed by atoms with Gasteiger partial charge in [-0.1, -0.05) is 18.2 Å². The highest BCUT2D eigenvalue weighted by atomic mass is 16.5. The van der Waals surface area contributed by atoms with E-state index in [1.807, 2.05) is 47.3 Å². The fourth-order valence-electron chi connectivity index (χ4n) is 3.06. The maximum absolute atomic E-state index is 11.5. The molecule has 1 saturated heterocycles. The molecule has 1 aromatic heterocycles. The second-order valence-corrected chi connectivity index (χ2v) is 6.28.